The van der Waals surface area contributed by atoms with Gasteiger partial charge in [0, 0.05) is 25.4 Å². The summed E-state index contributed by atoms with van der Waals surface area (Å²) in [4.78, 5) is 27.2. The summed E-state index contributed by atoms with van der Waals surface area (Å²) < 4.78 is 10.5. The number of ether oxygens (including phenoxy) is 2. The number of carbonyl (C=O) groups excluding carboxylic acids is 2. The molecule has 1 fully saturated rings. The monoisotopic (exact) mass is 367 g/mol. The van der Waals surface area contributed by atoms with Gasteiger partial charge in [0.1, 0.15) is 5.75 Å². The van der Waals surface area contributed by atoms with Crippen molar-refractivity contribution in [2.24, 2.45) is 5.92 Å². The van der Waals surface area contributed by atoms with Crippen LogP contribution in [0.5, 0.6) is 5.75 Å². The Hall–Kier alpha value is -2.82. The normalized spacial score (nSPS) is 19.6. The zero-order valence-electron chi connectivity index (χ0n) is 15.8. The lowest BCUT2D eigenvalue weighted by molar-refractivity contribution is -0.154. The van der Waals surface area contributed by atoms with E-state index in [1.54, 1.807) is 18.9 Å². The van der Waals surface area contributed by atoms with E-state index in [-0.39, 0.29) is 23.7 Å². The van der Waals surface area contributed by atoms with Crippen LogP contribution < -0.4 is 4.74 Å². The lowest BCUT2D eigenvalue weighted by Gasteiger charge is -2.37. The second kappa shape index (κ2) is 8.71. The van der Waals surface area contributed by atoms with E-state index < -0.39 is 0 Å². The molecule has 0 spiro atoms. The van der Waals surface area contributed by atoms with E-state index in [2.05, 4.69) is 0 Å². The number of esters is 1. The minimum absolute atomic E-state index is 0.0558. The van der Waals surface area contributed by atoms with E-state index in [9.17, 15) is 9.59 Å². The molecular formula is C22H25NO4. The zero-order valence-corrected chi connectivity index (χ0v) is 15.8. The summed E-state index contributed by atoms with van der Waals surface area (Å²) in [7, 11) is 1.61. The molecule has 0 saturated carbocycles. The summed E-state index contributed by atoms with van der Waals surface area (Å²) in [6.07, 6.45) is 0.294. The Morgan fingerprint density at radius 3 is 2.44 bits per heavy atom. The number of methoxy groups -OCH3 is 1. The number of amides is 1. The number of carbonyl (C=O) groups is 2. The second-order valence-corrected chi connectivity index (χ2v) is 6.70. The third-order valence-corrected chi connectivity index (χ3v) is 5.00. The van der Waals surface area contributed by atoms with E-state index in [0.29, 0.717) is 26.1 Å². The Morgan fingerprint density at radius 2 is 1.81 bits per heavy atom. The molecule has 142 valence electrons. The first-order chi connectivity index (χ1) is 13.1. The maximum atomic E-state index is 12.8. The van der Waals surface area contributed by atoms with Crippen molar-refractivity contribution in [2.75, 3.05) is 20.3 Å². The van der Waals surface area contributed by atoms with Crippen molar-refractivity contribution in [3.05, 3.63) is 65.7 Å². The SMILES string of the molecule is CCOC(=O)[C@@H]1CN(Cc2ccccc2)C(=O)C[C@H]1c1ccc(OC)cc1. The average molecular weight is 367 g/mol. The molecule has 0 unspecified atom stereocenters. The fourth-order valence-corrected chi connectivity index (χ4v) is 3.57. The Bertz CT molecular complexity index is 773. The van der Waals surface area contributed by atoms with E-state index in [0.717, 1.165) is 16.9 Å². The lowest BCUT2D eigenvalue weighted by Crippen LogP contribution is -2.46. The maximum Gasteiger partial charge on any atom is 0.311 e. The predicted molar refractivity (Wildman–Crippen MR) is 102 cm³/mol. The fourth-order valence-electron chi connectivity index (χ4n) is 3.57. The molecule has 0 bridgehead atoms. The van der Waals surface area contributed by atoms with E-state index in [1.165, 1.54) is 0 Å². The average Bonchev–Trinajstić information content (AvgIpc) is 2.70. The molecule has 1 amide bonds. The highest BCUT2D eigenvalue weighted by Gasteiger charge is 2.40. The molecular weight excluding hydrogens is 342 g/mol. The van der Waals surface area contributed by atoms with Crippen LogP contribution in [0.2, 0.25) is 0 Å². The van der Waals surface area contributed by atoms with Crippen molar-refractivity contribution < 1.29 is 19.1 Å². The molecule has 2 aromatic rings. The number of hydrogen-bond acceptors (Lipinski definition) is 4. The maximum absolute atomic E-state index is 12.8. The van der Waals surface area contributed by atoms with Gasteiger partial charge in [-0.25, -0.2) is 0 Å². The third kappa shape index (κ3) is 4.48. The minimum atomic E-state index is -0.375. The van der Waals surface area contributed by atoms with Gasteiger partial charge in [-0.1, -0.05) is 42.5 Å². The molecule has 0 N–H and O–H groups in total. The van der Waals surface area contributed by atoms with E-state index in [1.807, 2.05) is 54.6 Å². The highest BCUT2D eigenvalue weighted by molar-refractivity contribution is 5.83. The van der Waals surface area contributed by atoms with Crippen molar-refractivity contribution in [1.29, 1.82) is 0 Å². The standard InChI is InChI=1S/C22H25NO4/c1-3-27-22(25)20-15-23(14-16-7-5-4-6-8-16)21(24)13-19(20)17-9-11-18(26-2)12-10-17/h4-12,19-20H,3,13-15H2,1-2H3/t19-,20+/m0/s1. The zero-order chi connectivity index (χ0) is 19.2. The molecule has 1 heterocycles. The summed E-state index contributed by atoms with van der Waals surface area (Å²) in [6, 6.07) is 17.4. The molecule has 5 nitrogen and oxygen atoms in total. The molecule has 0 aliphatic carbocycles. The molecule has 27 heavy (non-hydrogen) atoms. The van der Waals surface area contributed by atoms with Gasteiger partial charge in [0.15, 0.2) is 0 Å². The highest BCUT2D eigenvalue weighted by atomic mass is 16.5. The summed E-state index contributed by atoms with van der Waals surface area (Å²) in [5, 5.41) is 0. The molecule has 0 aromatic heterocycles. The number of rotatable bonds is 6. The van der Waals surface area contributed by atoms with Gasteiger partial charge < -0.3 is 14.4 Å². The molecule has 0 radical (unpaired) electrons. The number of likely N-dealkylation sites (tertiary alicyclic amines) is 1. The summed E-state index contributed by atoms with van der Waals surface area (Å²) in [5.74, 6) is -0.00221. The molecule has 1 saturated heterocycles. The summed E-state index contributed by atoms with van der Waals surface area (Å²) >= 11 is 0. The van der Waals surface area contributed by atoms with Crippen molar-refractivity contribution >= 4 is 11.9 Å². The van der Waals surface area contributed by atoms with Crippen LogP contribution in [-0.4, -0.2) is 37.0 Å². The molecule has 1 aliphatic heterocycles. The van der Waals surface area contributed by atoms with Gasteiger partial charge in [-0.05, 0) is 30.2 Å². The fraction of sp³-hybridized carbons (Fsp3) is 0.364. The Labute approximate surface area is 159 Å². The van der Waals surface area contributed by atoms with Gasteiger partial charge in [0.2, 0.25) is 5.91 Å². The molecule has 2 aromatic carbocycles. The molecule has 5 heteroatoms. The van der Waals surface area contributed by atoms with Crippen molar-refractivity contribution in [1.82, 2.24) is 4.90 Å². The summed E-state index contributed by atoms with van der Waals surface area (Å²) in [5.41, 5.74) is 2.01. The van der Waals surface area contributed by atoms with Crippen LogP contribution in [0.3, 0.4) is 0 Å². The van der Waals surface area contributed by atoms with Gasteiger partial charge in [0.05, 0.1) is 19.6 Å². The highest BCUT2D eigenvalue weighted by Crippen LogP contribution is 2.35. The van der Waals surface area contributed by atoms with Crippen molar-refractivity contribution in [2.45, 2.75) is 25.8 Å². The van der Waals surface area contributed by atoms with Crippen molar-refractivity contribution in [3.63, 3.8) is 0 Å². The third-order valence-electron chi connectivity index (χ3n) is 5.00. The van der Waals surface area contributed by atoms with Crippen LogP contribution in [0.15, 0.2) is 54.6 Å². The van der Waals surface area contributed by atoms with Crippen LogP contribution in [-0.2, 0) is 20.9 Å². The molecule has 3 rings (SSSR count). The summed E-state index contributed by atoms with van der Waals surface area (Å²) in [6.45, 7) is 3.00. The van der Waals surface area contributed by atoms with Gasteiger partial charge in [0.25, 0.3) is 0 Å². The Kier molecular flexibility index (Phi) is 6.12. The predicted octanol–water partition coefficient (Wildman–Crippen LogP) is 3.39. The Balaban J connectivity index is 1.83. The van der Waals surface area contributed by atoms with E-state index in [4.69, 9.17) is 9.47 Å². The number of nitrogens with zero attached hydrogens (tertiary/aromatic N) is 1. The second-order valence-electron chi connectivity index (χ2n) is 6.70. The van der Waals surface area contributed by atoms with Crippen LogP contribution in [0.4, 0.5) is 0 Å². The van der Waals surface area contributed by atoms with Gasteiger partial charge in [-0.2, -0.15) is 0 Å². The number of hydrogen-bond donors (Lipinski definition) is 0. The lowest BCUT2D eigenvalue weighted by atomic mass is 9.80. The van der Waals surface area contributed by atoms with Crippen LogP contribution >= 0.6 is 0 Å². The van der Waals surface area contributed by atoms with Crippen LogP contribution in [0.25, 0.3) is 0 Å². The van der Waals surface area contributed by atoms with E-state index >= 15 is 0 Å². The molecule has 1 aliphatic rings. The van der Waals surface area contributed by atoms with Gasteiger partial charge >= 0.3 is 5.97 Å². The van der Waals surface area contributed by atoms with Crippen LogP contribution in [0, 0.1) is 5.92 Å². The smallest absolute Gasteiger partial charge is 0.311 e. The first-order valence-electron chi connectivity index (χ1n) is 9.24. The first kappa shape index (κ1) is 19.0. The largest absolute Gasteiger partial charge is 0.497 e. The molecule has 2 atom stereocenters. The quantitative estimate of drug-likeness (QED) is 0.735. The topological polar surface area (TPSA) is 55.8 Å². The minimum Gasteiger partial charge on any atom is -0.497 e. The number of benzene rings is 2. The van der Waals surface area contributed by atoms with Crippen LogP contribution in [0.1, 0.15) is 30.4 Å². The van der Waals surface area contributed by atoms with Crippen molar-refractivity contribution in [3.8, 4) is 5.75 Å². The van der Waals surface area contributed by atoms with Gasteiger partial charge in [-0.15, -0.1) is 0 Å². The Morgan fingerprint density at radius 1 is 1.11 bits per heavy atom. The van der Waals surface area contributed by atoms with Gasteiger partial charge in [-0.3, -0.25) is 9.59 Å². The number of piperidine rings is 1. The first-order valence-corrected chi connectivity index (χ1v) is 9.24.